The summed E-state index contributed by atoms with van der Waals surface area (Å²) in [4.78, 5) is 0. The summed E-state index contributed by atoms with van der Waals surface area (Å²) in [5.74, 6) is -5.10. The lowest BCUT2D eigenvalue weighted by molar-refractivity contribution is 0.302. The van der Waals surface area contributed by atoms with E-state index in [1.165, 1.54) is 18.2 Å². The van der Waals surface area contributed by atoms with Gasteiger partial charge in [-0.1, -0.05) is 31.7 Å². The number of halogens is 4. The summed E-state index contributed by atoms with van der Waals surface area (Å²) in [6.07, 6.45) is 1.92. The Hall–Kier alpha value is -3.22. The molecule has 1 heterocycles. The van der Waals surface area contributed by atoms with Crippen LogP contribution in [0.4, 0.5) is 17.6 Å². The molecular weight excluding hydrogens is 412 g/mol. The summed E-state index contributed by atoms with van der Waals surface area (Å²) in [5.41, 5.74) is 1.34. The van der Waals surface area contributed by atoms with Crippen LogP contribution in [0, 0.1) is 17.5 Å². The first-order valence-electron chi connectivity index (χ1n) is 9.75. The second kappa shape index (κ2) is 9.29. The molecular formula is C24H22F4O3. The molecule has 0 atom stereocenters. The van der Waals surface area contributed by atoms with Crippen molar-refractivity contribution in [3.8, 4) is 23.0 Å². The Bertz CT molecular complexity index is 1070. The van der Waals surface area contributed by atoms with Crippen molar-refractivity contribution >= 4 is 0 Å². The maximum absolute atomic E-state index is 15.0. The first kappa shape index (κ1) is 22.5. The van der Waals surface area contributed by atoms with Crippen LogP contribution in [0.2, 0.25) is 0 Å². The van der Waals surface area contributed by atoms with E-state index in [0.29, 0.717) is 23.1 Å². The number of rotatable bonds is 8. The van der Waals surface area contributed by atoms with Crippen molar-refractivity contribution in [1.82, 2.24) is 0 Å². The number of allylic oxidation sites excluding steroid dienone is 2. The quantitative estimate of drug-likeness (QED) is 0.284. The molecule has 0 radical (unpaired) electrons. The van der Waals surface area contributed by atoms with Gasteiger partial charge < -0.3 is 14.2 Å². The van der Waals surface area contributed by atoms with Crippen molar-refractivity contribution in [1.29, 1.82) is 0 Å². The molecule has 0 bridgehead atoms. The van der Waals surface area contributed by atoms with E-state index in [9.17, 15) is 17.6 Å². The van der Waals surface area contributed by atoms with Crippen molar-refractivity contribution in [3.63, 3.8) is 0 Å². The van der Waals surface area contributed by atoms with E-state index < -0.39 is 29.0 Å². The minimum Gasteiger partial charge on any atom is -0.491 e. The van der Waals surface area contributed by atoms with Crippen LogP contribution in [0.3, 0.4) is 0 Å². The average molecular weight is 434 g/mol. The molecule has 0 fully saturated rings. The van der Waals surface area contributed by atoms with Crippen molar-refractivity contribution in [2.45, 2.75) is 26.7 Å². The van der Waals surface area contributed by atoms with Crippen LogP contribution in [-0.4, -0.2) is 13.2 Å². The van der Waals surface area contributed by atoms with Crippen LogP contribution >= 0.6 is 0 Å². The topological polar surface area (TPSA) is 27.7 Å². The summed E-state index contributed by atoms with van der Waals surface area (Å²) in [6, 6.07) is 4.25. The van der Waals surface area contributed by atoms with E-state index in [1.54, 1.807) is 13.0 Å². The van der Waals surface area contributed by atoms with Crippen LogP contribution in [0.15, 0.2) is 54.4 Å². The number of benzene rings is 2. The lowest BCUT2D eigenvalue weighted by Crippen LogP contribution is -2.11. The molecule has 0 spiro atoms. The third-order valence-corrected chi connectivity index (χ3v) is 4.76. The lowest BCUT2D eigenvalue weighted by Gasteiger charge is -2.23. The highest BCUT2D eigenvalue weighted by atomic mass is 19.2. The van der Waals surface area contributed by atoms with Gasteiger partial charge in [-0.3, -0.25) is 0 Å². The second-order valence-corrected chi connectivity index (χ2v) is 6.97. The summed E-state index contributed by atoms with van der Waals surface area (Å²) in [7, 11) is 0. The number of ether oxygens (including phenoxy) is 3. The van der Waals surface area contributed by atoms with Gasteiger partial charge in [-0.15, -0.1) is 0 Å². The van der Waals surface area contributed by atoms with Crippen LogP contribution in [0.25, 0.3) is 0 Å². The van der Waals surface area contributed by atoms with Crippen LogP contribution in [0.5, 0.6) is 23.0 Å². The van der Waals surface area contributed by atoms with Gasteiger partial charge in [0.15, 0.2) is 23.0 Å². The van der Waals surface area contributed by atoms with Gasteiger partial charge in [-0.05, 0) is 31.6 Å². The molecule has 0 unspecified atom stereocenters. The minimum absolute atomic E-state index is 0.00885. The predicted molar refractivity (Wildman–Crippen MR) is 110 cm³/mol. The van der Waals surface area contributed by atoms with E-state index in [2.05, 4.69) is 13.2 Å². The SMILES string of the molecule is C=C(/C=C(/F)C(=C)COc1ccc2c(c1F)Oc1c(cc(OCC)c(F)c1F)C2)CC. The summed E-state index contributed by atoms with van der Waals surface area (Å²) in [6.45, 7) is 10.6. The van der Waals surface area contributed by atoms with Gasteiger partial charge in [0.1, 0.15) is 12.4 Å². The molecule has 7 heteroatoms. The normalized spacial score (nSPS) is 12.5. The molecule has 1 aliphatic heterocycles. The highest BCUT2D eigenvalue weighted by Crippen LogP contribution is 2.44. The molecule has 3 nitrogen and oxygen atoms in total. The Morgan fingerprint density at radius 3 is 2.39 bits per heavy atom. The molecule has 1 aliphatic rings. The van der Waals surface area contributed by atoms with E-state index >= 15 is 0 Å². The standard InChI is InChI=1S/C24H22F4O3/c1-5-13(3)9-17(25)14(4)12-30-18-8-7-15-10-16-11-19(29-6-2)20(26)22(28)24(16)31-23(15)21(18)27/h7-9,11H,3-6,10,12H2,1-2H3/b17-9+. The van der Waals surface area contributed by atoms with Crippen LogP contribution < -0.4 is 14.2 Å². The highest BCUT2D eigenvalue weighted by Gasteiger charge is 2.29. The first-order valence-corrected chi connectivity index (χ1v) is 9.75. The zero-order chi connectivity index (χ0) is 22.7. The third-order valence-electron chi connectivity index (χ3n) is 4.76. The maximum atomic E-state index is 15.0. The summed E-state index contributed by atoms with van der Waals surface area (Å²) >= 11 is 0. The van der Waals surface area contributed by atoms with Crippen LogP contribution in [-0.2, 0) is 6.42 Å². The molecule has 0 N–H and O–H groups in total. The van der Waals surface area contributed by atoms with Gasteiger partial charge in [0.05, 0.1) is 6.61 Å². The molecule has 31 heavy (non-hydrogen) atoms. The number of hydrogen-bond donors (Lipinski definition) is 0. The molecule has 0 saturated carbocycles. The average Bonchev–Trinajstić information content (AvgIpc) is 2.75. The smallest absolute Gasteiger partial charge is 0.207 e. The molecule has 2 aromatic rings. The van der Waals surface area contributed by atoms with E-state index in [-0.39, 0.29) is 42.5 Å². The van der Waals surface area contributed by atoms with Gasteiger partial charge >= 0.3 is 0 Å². The Kier molecular flexibility index (Phi) is 6.73. The summed E-state index contributed by atoms with van der Waals surface area (Å²) < 4.78 is 73.5. The molecule has 0 saturated heterocycles. The van der Waals surface area contributed by atoms with Gasteiger partial charge in [0.25, 0.3) is 0 Å². The zero-order valence-corrected chi connectivity index (χ0v) is 17.3. The zero-order valence-electron chi connectivity index (χ0n) is 17.3. The largest absolute Gasteiger partial charge is 0.491 e. The minimum atomic E-state index is -1.26. The highest BCUT2D eigenvalue weighted by molar-refractivity contribution is 5.55. The lowest BCUT2D eigenvalue weighted by atomic mass is 9.99. The van der Waals surface area contributed by atoms with Crippen molar-refractivity contribution < 1.29 is 31.8 Å². The molecule has 0 aromatic heterocycles. The van der Waals surface area contributed by atoms with E-state index in [0.717, 1.165) is 0 Å². The van der Waals surface area contributed by atoms with Crippen molar-refractivity contribution in [2.75, 3.05) is 13.2 Å². The Balaban J connectivity index is 1.83. The molecule has 0 amide bonds. The number of fused-ring (bicyclic) bond motifs is 2. The van der Waals surface area contributed by atoms with Gasteiger partial charge in [-0.2, -0.15) is 13.2 Å². The monoisotopic (exact) mass is 434 g/mol. The van der Waals surface area contributed by atoms with Crippen molar-refractivity contribution in [2.24, 2.45) is 0 Å². The van der Waals surface area contributed by atoms with Gasteiger partial charge in [-0.25, -0.2) is 4.39 Å². The molecule has 0 aliphatic carbocycles. The fraction of sp³-hybridized carbons (Fsp3) is 0.250. The van der Waals surface area contributed by atoms with Crippen LogP contribution in [0.1, 0.15) is 31.4 Å². The third kappa shape index (κ3) is 4.60. The second-order valence-electron chi connectivity index (χ2n) is 6.97. The number of hydrogen-bond acceptors (Lipinski definition) is 3. The summed E-state index contributed by atoms with van der Waals surface area (Å²) in [5, 5.41) is 0. The van der Waals surface area contributed by atoms with E-state index in [1.807, 2.05) is 6.92 Å². The fourth-order valence-electron chi connectivity index (χ4n) is 3.00. The fourth-order valence-corrected chi connectivity index (χ4v) is 3.00. The Labute approximate surface area is 178 Å². The Morgan fingerprint density at radius 2 is 1.71 bits per heavy atom. The molecule has 164 valence electrons. The maximum Gasteiger partial charge on any atom is 0.207 e. The van der Waals surface area contributed by atoms with Gasteiger partial charge in [0.2, 0.25) is 17.5 Å². The Morgan fingerprint density at radius 1 is 1.00 bits per heavy atom. The molecule has 2 aromatic carbocycles. The predicted octanol–water partition coefficient (Wildman–Crippen LogP) is 6.95. The van der Waals surface area contributed by atoms with E-state index in [4.69, 9.17) is 14.2 Å². The van der Waals surface area contributed by atoms with Crippen molar-refractivity contribution in [3.05, 3.63) is 83.0 Å². The first-order chi connectivity index (χ1) is 14.8. The molecule has 3 rings (SSSR count). The van der Waals surface area contributed by atoms with Gasteiger partial charge in [0, 0.05) is 23.1 Å².